The van der Waals surface area contributed by atoms with Gasteiger partial charge in [0, 0.05) is 12.0 Å². The standard InChI is InChI=1S/C16H20N2OS/c17-10-6-11(20-16(10)15(19)7-1-2-7)18-14-12-8-3-4-9(5-8)13(12)14/h6-9,12-14,18H,1-5,17H2. The molecule has 1 heterocycles. The molecule has 3 nitrogen and oxygen atoms in total. The molecule has 4 unspecified atom stereocenters. The van der Waals surface area contributed by atoms with Crippen molar-refractivity contribution in [2.24, 2.45) is 29.6 Å². The van der Waals surface area contributed by atoms with Crippen molar-refractivity contribution in [3.63, 3.8) is 0 Å². The molecule has 4 fully saturated rings. The van der Waals surface area contributed by atoms with E-state index in [1.807, 2.05) is 6.07 Å². The molecule has 0 amide bonds. The van der Waals surface area contributed by atoms with E-state index in [-0.39, 0.29) is 11.7 Å². The summed E-state index contributed by atoms with van der Waals surface area (Å²) >= 11 is 1.58. The molecule has 0 aliphatic heterocycles. The fourth-order valence-electron chi connectivity index (χ4n) is 4.88. The van der Waals surface area contributed by atoms with Crippen LogP contribution in [0.2, 0.25) is 0 Å². The largest absolute Gasteiger partial charge is 0.397 e. The maximum absolute atomic E-state index is 12.2. The molecule has 4 heteroatoms. The van der Waals surface area contributed by atoms with Crippen molar-refractivity contribution in [1.82, 2.24) is 0 Å². The van der Waals surface area contributed by atoms with Crippen LogP contribution < -0.4 is 11.1 Å². The summed E-state index contributed by atoms with van der Waals surface area (Å²) in [6, 6.07) is 2.65. The van der Waals surface area contributed by atoms with Crippen LogP contribution >= 0.6 is 11.3 Å². The summed E-state index contributed by atoms with van der Waals surface area (Å²) in [5.74, 6) is 4.33. The van der Waals surface area contributed by atoms with Crippen molar-refractivity contribution in [3.8, 4) is 0 Å². The van der Waals surface area contributed by atoms with Crippen LogP contribution in [0.25, 0.3) is 0 Å². The van der Waals surface area contributed by atoms with E-state index in [0.29, 0.717) is 11.7 Å². The Kier molecular flexibility index (Phi) is 2.20. The smallest absolute Gasteiger partial charge is 0.178 e. The van der Waals surface area contributed by atoms with Gasteiger partial charge in [0.1, 0.15) is 0 Å². The van der Waals surface area contributed by atoms with Crippen molar-refractivity contribution in [3.05, 3.63) is 10.9 Å². The van der Waals surface area contributed by atoms with Gasteiger partial charge in [0.25, 0.3) is 0 Å². The number of carbonyl (C=O) groups is 1. The lowest BCUT2D eigenvalue weighted by Crippen LogP contribution is -2.11. The van der Waals surface area contributed by atoms with Gasteiger partial charge in [-0.05, 0) is 61.8 Å². The molecular weight excluding hydrogens is 268 g/mol. The van der Waals surface area contributed by atoms with E-state index in [2.05, 4.69) is 5.32 Å². The molecule has 4 aliphatic carbocycles. The number of Topliss-reactive ketones (excluding diaryl/α,β-unsaturated/α-hetero) is 1. The van der Waals surface area contributed by atoms with Crippen molar-refractivity contribution >= 4 is 27.8 Å². The Morgan fingerprint density at radius 1 is 1.20 bits per heavy atom. The van der Waals surface area contributed by atoms with Gasteiger partial charge >= 0.3 is 0 Å². The first kappa shape index (κ1) is 11.6. The Bertz CT molecular complexity index is 575. The monoisotopic (exact) mass is 288 g/mol. The van der Waals surface area contributed by atoms with Gasteiger partial charge < -0.3 is 11.1 Å². The first-order chi connectivity index (χ1) is 9.72. The minimum absolute atomic E-state index is 0.264. The molecule has 0 aromatic carbocycles. The predicted octanol–water partition coefficient (Wildman–Crippen LogP) is 3.38. The minimum Gasteiger partial charge on any atom is -0.397 e. The second-order valence-corrected chi connectivity index (χ2v) is 8.24. The molecule has 1 aromatic rings. The van der Waals surface area contributed by atoms with Gasteiger partial charge in [0.2, 0.25) is 0 Å². The highest BCUT2D eigenvalue weighted by atomic mass is 32.1. The van der Waals surface area contributed by atoms with Crippen molar-refractivity contribution in [2.75, 3.05) is 11.1 Å². The Morgan fingerprint density at radius 3 is 2.55 bits per heavy atom. The minimum atomic E-state index is 0.264. The number of thiophene rings is 1. The molecular formula is C16H20N2OS. The van der Waals surface area contributed by atoms with E-state index < -0.39 is 0 Å². The zero-order valence-corrected chi connectivity index (χ0v) is 12.3. The zero-order chi connectivity index (χ0) is 13.4. The van der Waals surface area contributed by atoms with E-state index in [1.54, 1.807) is 11.3 Å². The van der Waals surface area contributed by atoms with Crippen LogP contribution in [0.3, 0.4) is 0 Å². The molecule has 1 aromatic heterocycles. The number of fused-ring (bicyclic) bond motifs is 5. The number of nitrogen functional groups attached to an aromatic ring is 1. The molecule has 20 heavy (non-hydrogen) atoms. The van der Waals surface area contributed by atoms with Crippen LogP contribution in [-0.2, 0) is 0 Å². The summed E-state index contributed by atoms with van der Waals surface area (Å²) in [5.41, 5.74) is 6.72. The number of nitrogens with one attached hydrogen (secondary N) is 1. The van der Waals surface area contributed by atoms with E-state index in [4.69, 9.17) is 5.73 Å². The van der Waals surface area contributed by atoms with Gasteiger partial charge in [0.05, 0.1) is 15.6 Å². The van der Waals surface area contributed by atoms with Crippen molar-refractivity contribution in [2.45, 2.75) is 38.1 Å². The third-order valence-electron chi connectivity index (χ3n) is 5.98. The molecule has 0 radical (unpaired) electrons. The molecule has 0 saturated heterocycles. The van der Waals surface area contributed by atoms with Crippen molar-refractivity contribution in [1.29, 1.82) is 0 Å². The first-order valence-electron chi connectivity index (χ1n) is 7.92. The maximum atomic E-state index is 12.2. The fourth-order valence-corrected chi connectivity index (χ4v) is 5.93. The number of ketones is 1. The van der Waals surface area contributed by atoms with Crippen molar-refractivity contribution < 1.29 is 4.79 Å². The van der Waals surface area contributed by atoms with Gasteiger partial charge in [0.15, 0.2) is 5.78 Å². The van der Waals surface area contributed by atoms with Gasteiger partial charge in [-0.2, -0.15) is 0 Å². The third kappa shape index (κ3) is 1.54. The summed E-state index contributed by atoms with van der Waals surface area (Å²) in [6.07, 6.45) is 6.47. The summed E-state index contributed by atoms with van der Waals surface area (Å²) in [7, 11) is 0. The zero-order valence-electron chi connectivity index (χ0n) is 11.5. The fraction of sp³-hybridized carbons (Fsp3) is 0.688. The molecule has 2 bridgehead atoms. The Hall–Kier alpha value is -1.03. The van der Waals surface area contributed by atoms with Crippen LogP contribution in [0.15, 0.2) is 6.07 Å². The van der Waals surface area contributed by atoms with Gasteiger partial charge in [-0.15, -0.1) is 11.3 Å². The molecule has 4 atom stereocenters. The number of rotatable bonds is 4. The number of hydrogen-bond acceptors (Lipinski definition) is 4. The van der Waals surface area contributed by atoms with Crippen LogP contribution in [0.5, 0.6) is 0 Å². The lowest BCUT2D eigenvalue weighted by Gasteiger charge is -2.09. The molecule has 0 spiro atoms. The summed E-state index contributed by atoms with van der Waals surface area (Å²) in [4.78, 5) is 13.0. The number of nitrogens with two attached hydrogens (primary N) is 1. The van der Waals surface area contributed by atoms with Gasteiger partial charge in [-0.3, -0.25) is 4.79 Å². The second kappa shape index (κ2) is 3.79. The average Bonchev–Trinajstić information content (AvgIpc) is 3.28. The quantitative estimate of drug-likeness (QED) is 0.835. The van der Waals surface area contributed by atoms with Crippen LogP contribution in [0.4, 0.5) is 10.7 Å². The van der Waals surface area contributed by atoms with E-state index in [0.717, 1.165) is 46.4 Å². The predicted molar refractivity (Wildman–Crippen MR) is 81.0 cm³/mol. The van der Waals surface area contributed by atoms with E-state index in [9.17, 15) is 4.79 Å². The summed E-state index contributed by atoms with van der Waals surface area (Å²) in [5, 5.41) is 4.80. The Balaban J connectivity index is 1.33. The topological polar surface area (TPSA) is 55.1 Å². The number of anilines is 2. The van der Waals surface area contributed by atoms with E-state index >= 15 is 0 Å². The molecule has 106 valence electrons. The maximum Gasteiger partial charge on any atom is 0.178 e. The highest BCUT2D eigenvalue weighted by Crippen LogP contribution is 2.66. The third-order valence-corrected chi connectivity index (χ3v) is 7.07. The number of carbonyl (C=O) groups excluding carboxylic acids is 1. The van der Waals surface area contributed by atoms with Gasteiger partial charge in [-0.25, -0.2) is 0 Å². The second-order valence-electron chi connectivity index (χ2n) is 7.19. The number of hydrogen-bond donors (Lipinski definition) is 2. The highest BCUT2D eigenvalue weighted by Gasteiger charge is 2.65. The molecule has 5 rings (SSSR count). The molecule has 4 saturated carbocycles. The molecule has 3 N–H and O–H groups in total. The first-order valence-corrected chi connectivity index (χ1v) is 8.74. The van der Waals surface area contributed by atoms with Crippen LogP contribution in [0.1, 0.15) is 41.8 Å². The Labute approximate surface area is 122 Å². The normalized spacial score (nSPS) is 40.7. The highest BCUT2D eigenvalue weighted by molar-refractivity contribution is 7.18. The molecule has 4 aliphatic rings. The van der Waals surface area contributed by atoms with Crippen LogP contribution in [0, 0.1) is 29.6 Å². The summed E-state index contributed by atoms with van der Waals surface area (Å²) < 4.78 is 0. The lowest BCUT2D eigenvalue weighted by molar-refractivity contribution is 0.0972. The average molecular weight is 288 g/mol. The lowest BCUT2D eigenvalue weighted by atomic mass is 10.0. The van der Waals surface area contributed by atoms with Gasteiger partial charge in [-0.1, -0.05) is 0 Å². The Morgan fingerprint density at radius 2 is 1.90 bits per heavy atom. The van der Waals surface area contributed by atoms with E-state index in [1.165, 1.54) is 19.3 Å². The SMILES string of the molecule is Nc1cc(NC2C3C4CCC(C4)C23)sc1C(=O)C1CC1. The summed E-state index contributed by atoms with van der Waals surface area (Å²) in [6.45, 7) is 0. The van der Waals surface area contributed by atoms with Crippen LogP contribution in [-0.4, -0.2) is 11.8 Å².